The fourth-order valence-electron chi connectivity index (χ4n) is 1.99. The Labute approximate surface area is 104 Å². The van der Waals surface area contributed by atoms with E-state index in [1.54, 1.807) is 0 Å². The number of nitrogens with one attached hydrogen (secondary N) is 1. The Morgan fingerprint density at radius 3 is 2.31 bits per heavy atom. The van der Waals surface area contributed by atoms with Crippen molar-refractivity contribution < 1.29 is 0 Å². The molecule has 1 unspecified atom stereocenters. The molecule has 0 radical (unpaired) electrons. The SMILES string of the molecule is CNC(CCCc1ccc(Cl)cc1)C(C)C. The average Bonchev–Trinajstić information content (AvgIpc) is 2.26. The van der Waals surface area contributed by atoms with E-state index in [-0.39, 0.29) is 0 Å². The number of benzene rings is 1. The number of hydrogen-bond donors (Lipinski definition) is 1. The summed E-state index contributed by atoms with van der Waals surface area (Å²) in [6, 6.07) is 8.80. The molecule has 1 aromatic carbocycles. The number of aryl methyl sites for hydroxylation is 1. The van der Waals surface area contributed by atoms with Crippen molar-refractivity contribution in [2.45, 2.75) is 39.2 Å². The molecule has 0 saturated heterocycles. The molecule has 0 saturated carbocycles. The first-order valence-corrected chi connectivity index (χ1v) is 6.43. The third-order valence-corrected chi connectivity index (χ3v) is 3.32. The third-order valence-electron chi connectivity index (χ3n) is 3.07. The molecule has 0 aliphatic carbocycles. The summed E-state index contributed by atoms with van der Waals surface area (Å²) in [5, 5.41) is 4.19. The normalized spacial score (nSPS) is 13.1. The average molecular weight is 240 g/mol. The molecule has 0 aliphatic rings. The first kappa shape index (κ1) is 13.5. The van der Waals surface area contributed by atoms with Crippen LogP contribution in [0.25, 0.3) is 0 Å². The van der Waals surface area contributed by atoms with E-state index >= 15 is 0 Å². The van der Waals surface area contributed by atoms with E-state index in [1.807, 2.05) is 19.2 Å². The predicted molar refractivity (Wildman–Crippen MR) is 72.1 cm³/mol. The van der Waals surface area contributed by atoms with Gasteiger partial charge in [0.05, 0.1) is 0 Å². The Kier molecular flexibility index (Phi) is 5.86. The number of rotatable bonds is 6. The minimum absolute atomic E-state index is 0.632. The second-order valence-corrected chi connectivity index (χ2v) is 5.09. The van der Waals surface area contributed by atoms with Gasteiger partial charge in [0.15, 0.2) is 0 Å². The molecule has 1 nitrogen and oxygen atoms in total. The fraction of sp³-hybridized carbons (Fsp3) is 0.571. The monoisotopic (exact) mass is 239 g/mol. The van der Waals surface area contributed by atoms with Crippen LogP contribution in [0.2, 0.25) is 5.02 Å². The largest absolute Gasteiger partial charge is 0.317 e. The summed E-state index contributed by atoms with van der Waals surface area (Å²) >= 11 is 5.85. The van der Waals surface area contributed by atoms with Gasteiger partial charge in [-0.1, -0.05) is 37.6 Å². The van der Waals surface area contributed by atoms with E-state index in [0.717, 1.165) is 11.4 Å². The van der Waals surface area contributed by atoms with E-state index in [1.165, 1.54) is 18.4 Å². The summed E-state index contributed by atoms with van der Waals surface area (Å²) in [4.78, 5) is 0. The Morgan fingerprint density at radius 1 is 1.19 bits per heavy atom. The quantitative estimate of drug-likeness (QED) is 0.794. The summed E-state index contributed by atoms with van der Waals surface area (Å²) in [5.74, 6) is 0.704. The molecular formula is C14H22ClN. The molecule has 1 atom stereocenters. The number of hydrogen-bond acceptors (Lipinski definition) is 1. The smallest absolute Gasteiger partial charge is 0.0406 e. The van der Waals surface area contributed by atoms with E-state index < -0.39 is 0 Å². The second-order valence-electron chi connectivity index (χ2n) is 4.66. The molecule has 0 heterocycles. The maximum atomic E-state index is 5.85. The maximum Gasteiger partial charge on any atom is 0.0406 e. The highest BCUT2D eigenvalue weighted by Gasteiger charge is 2.09. The van der Waals surface area contributed by atoms with Crippen molar-refractivity contribution in [3.8, 4) is 0 Å². The molecule has 0 spiro atoms. The van der Waals surface area contributed by atoms with E-state index in [4.69, 9.17) is 11.6 Å². The van der Waals surface area contributed by atoms with Crippen LogP contribution in [0.3, 0.4) is 0 Å². The van der Waals surface area contributed by atoms with Gasteiger partial charge in [-0.2, -0.15) is 0 Å². The van der Waals surface area contributed by atoms with Crippen molar-refractivity contribution >= 4 is 11.6 Å². The lowest BCUT2D eigenvalue weighted by atomic mass is 9.97. The minimum Gasteiger partial charge on any atom is -0.317 e. The van der Waals surface area contributed by atoms with Gasteiger partial charge in [0.1, 0.15) is 0 Å². The van der Waals surface area contributed by atoms with Gasteiger partial charge in [-0.15, -0.1) is 0 Å². The van der Waals surface area contributed by atoms with Crippen LogP contribution in [0.15, 0.2) is 24.3 Å². The molecular weight excluding hydrogens is 218 g/mol. The van der Waals surface area contributed by atoms with Crippen molar-refractivity contribution in [2.75, 3.05) is 7.05 Å². The van der Waals surface area contributed by atoms with Crippen molar-refractivity contribution in [3.63, 3.8) is 0 Å². The van der Waals surface area contributed by atoms with Crippen LogP contribution in [0.4, 0.5) is 0 Å². The van der Waals surface area contributed by atoms with Crippen molar-refractivity contribution in [3.05, 3.63) is 34.9 Å². The predicted octanol–water partition coefficient (Wildman–Crippen LogP) is 3.91. The zero-order chi connectivity index (χ0) is 12.0. The van der Waals surface area contributed by atoms with Crippen molar-refractivity contribution in [2.24, 2.45) is 5.92 Å². The van der Waals surface area contributed by atoms with Gasteiger partial charge < -0.3 is 5.32 Å². The summed E-state index contributed by atoms with van der Waals surface area (Å²) in [6.45, 7) is 4.53. The Bertz CT molecular complexity index is 292. The molecule has 1 aromatic rings. The van der Waals surface area contributed by atoms with Gasteiger partial charge in [0.2, 0.25) is 0 Å². The third kappa shape index (κ3) is 4.54. The van der Waals surface area contributed by atoms with Gasteiger partial charge in [0, 0.05) is 11.1 Å². The standard InChI is InChI=1S/C14H22ClN/c1-11(2)14(16-3)6-4-5-12-7-9-13(15)10-8-12/h7-11,14,16H,4-6H2,1-3H3. The summed E-state index contributed by atoms with van der Waals surface area (Å²) in [6.07, 6.45) is 3.60. The Hall–Kier alpha value is -0.530. The van der Waals surface area contributed by atoms with Gasteiger partial charge in [-0.05, 0) is 49.9 Å². The topological polar surface area (TPSA) is 12.0 Å². The highest BCUT2D eigenvalue weighted by atomic mass is 35.5. The van der Waals surface area contributed by atoms with Crippen LogP contribution in [0.5, 0.6) is 0 Å². The molecule has 16 heavy (non-hydrogen) atoms. The zero-order valence-corrected chi connectivity index (χ0v) is 11.2. The van der Waals surface area contributed by atoms with Gasteiger partial charge in [0.25, 0.3) is 0 Å². The summed E-state index contributed by atoms with van der Waals surface area (Å²) in [7, 11) is 2.05. The summed E-state index contributed by atoms with van der Waals surface area (Å²) in [5.41, 5.74) is 1.38. The van der Waals surface area contributed by atoms with Gasteiger partial charge >= 0.3 is 0 Å². The highest BCUT2D eigenvalue weighted by molar-refractivity contribution is 6.30. The lowest BCUT2D eigenvalue weighted by molar-refractivity contribution is 0.393. The zero-order valence-electron chi connectivity index (χ0n) is 10.5. The number of halogens is 1. The van der Waals surface area contributed by atoms with Crippen LogP contribution in [-0.2, 0) is 6.42 Å². The van der Waals surface area contributed by atoms with E-state index in [2.05, 4.69) is 31.3 Å². The lowest BCUT2D eigenvalue weighted by Gasteiger charge is -2.19. The van der Waals surface area contributed by atoms with Crippen LogP contribution < -0.4 is 5.32 Å². The Balaban J connectivity index is 2.32. The van der Waals surface area contributed by atoms with Crippen LogP contribution in [-0.4, -0.2) is 13.1 Å². The molecule has 1 N–H and O–H groups in total. The van der Waals surface area contributed by atoms with E-state index in [0.29, 0.717) is 12.0 Å². The van der Waals surface area contributed by atoms with Crippen molar-refractivity contribution in [1.29, 1.82) is 0 Å². The molecule has 90 valence electrons. The van der Waals surface area contributed by atoms with Crippen molar-refractivity contribution in [1.82, 2.24) is 5.32 Å². The molecule has 2 heteroatoms. The minimum atomic E-state index is 0.632. The molecule has 0 bridgehead atoms. The van der Waals surface area contributed by atoms with Gasteiger partial charge in [-0.3, -0.25) is 0 Å². The molecule has 0 fully saturated rings. The van der Waals surface area contributed by atoms with Crippen LogP contribution in [0.1, 0.15) is 32.3 Å². The lowest BCUT2D eigenvalue weighted by Crippen LogP contribution is -2.30. The Morgan fingerprint density at radius 2 is 1.81 bits per heavy atom. The van der Waals surface area contributed by atoms with Crippen LogP contribution >= 0.6 is 11.6 Å². The molecule has 1 rings (SSSR count). The summed E-state index contributed by atoms with van der Waals surface area (Å²) < 4.78 is 0. The van der Waals surface area contributed by atoms with E-state index in [9.17, 15) is 0 Å². The maximum absolute atomic E-state index is 5.85. The molecule has 0 aliphatic heterocycles. The van der Waals surface area contributed by atoms with Crippen LogP contribution in [0, 0.1) is 5.92 Å². The fourth-order valence-corrected chi connectivity index (χ4v) is 2.11. The highest BCUT2D eigenvalue weighted by Crippen LogP contribution is 2.14. The molecule has 0 aromatic heterocycles. The molecule has 0 amide bonds. The second kappa shape index (κ2) is 6.93. The first-order valence-electron chi connectivity index (χ1n) is 6.05. The first-order chi connectivity index (χ1) is 7.63. The van der Waals surface area contributed by atoms with Gasteiger partial charge in [-0.25, -0.2) is 0 Å².